The molecule has 0 radical (unpaired) electrons. The summed E-state index contributed by atoms with van der Waals surface area (Å²) in [5.41, 5.74) is -0.774. The van der Waals surface area contributed by atoms with Gasteiger partial charge in [-0.15, -0.1) is 0 Å². The zero-order valence-corrected chi connectivity index (χ0v) is 16.3. The average Bonchev–Trinajstić information content (AvgIpc) is 3.25. The molecule has 1 aromatic carbocycles. The second kappa shape index (κ2) is 8.62. The maximum Gasteiger partial charge on any atom is 0.416 e. The number of aromatic nitrogens is 4. The minimum Gasteiger partial charge on any atom is -0.492 e. The molecule has 3 heterocycles. The van der Waals surface area contributed by atoms with Crippen molar-refractivity contribution < 1.29 is 22.7 Å². The second-order valence-electron chi connectivity index (χ2n) is 6.95. The number of halogens is 3. The summed E-state index contributed by atoms with van der Waals surface area (Å²) >= 11 is 0. The first-order valence-electron chi connectivity index (χ1n) is 9.55. The number of amides is 1. The minimum absolute atomic E-state index is 0.0720. The predicted molar refractivity (Wildman–Crippen MR) is 105 cm³/mol. The van der Waals surface area contributed by atoms with Gasteiger partial charge in [-0.1, -0.05) is 6.07 Å². The molecule has 0 bridgehead atoms. The summed E-state index contributed by atoms with van der Waals surface area (Å²) in [6.45, 7) is 1.29. The van der Waals surface area contributed by atoms with E-state index in [-0.39, 0.29) is 30.7 Å². The van der Waals surface area contributed by atoms with Crippen molar-refractivity contribution >= 4 is 11.7 Å². The lowest BCUT2D eigenvalue weighted by Crippen LogP contribution is -2.54. The molecule has 4 rings (SSSR count). The lowest BCUT2D eigenvalue weighted by molar-refractivity contribution is -0.137. The molecule has 0 spiro atoms. The zero-order chi connectivity index (χ0) is 21.8. The molecule has 0 atom stereocenters. The molecular formula is C20H19F3N6O2. The Morgan fingerprint density at radius 1 is 1.16 bits per heavy atom. The van der Waals surface area contributed by atoms with Crippen molar-refractivity contribution in [3.8, 4) is 11.6 Å². The number of ether oxygens (including phenoxy) is 1. The van der Waals surface area contributed by atoms with E-state index in [0.29, 0.717) is 24.7 Å². The fourth-order valence-corrected chi connectivity index (χ4v) is 3.12. The van der Waals surface area contributed by atoms with E-state index in [1.807, 2.05) is 4.90 Å². The van der Waals surface area contributed by atoms with Crippen molar-refractivity contribution in [2.75, 3.05) is 31.1 Å². The number of hydrogen-bond acceptors (Lipinski definition) is 6. The van der Waals surface area contributed by atoms with Crippen molar-refractivity contribution in [1.82, 2.24) is 25.1 Å². The van der Waals surface area contributed by atoms with Crippen LogP contribution in [0.1, 0.15) is 5.56 Å². The predicted octanol–water partition coefficient (Wildman–Crippen LogP) is 2.31. The molecule has 1 N–H and O–H groups in total. The van der Waals surface area contributed by atoms with Gasteiger partial charge in [0.15, 0.2) is 5.82 Å². The topological polar surface area (TPSA) is 85.2 Å². The molecule has 1 fully saturated rings. The molecule has 1 saturated heterocycles. The summed E-state index contributed by atoms with van der Waals surface area (Å²) in [4.78, 5) is 22.6. The molecule has 1 amide bonds. The first kappa shape index (κ1) is 20.6. The standard InChI is InChI=1S/C20H19F3N6O2/c21-20(22,23)15-3-1-4-16(9-15)31-8-6-24-19(30)14-11-28(12-14)17-10-18(26-13-25-17)29-7-2-5-27-29/h1-5,7,9-10,13-14H,6,8,11-12H2,(H,24,30). The highest BCUT2D eigenvalue weighted by Crippen LogP contribution is 2.31. The van der Waals surface area contributed by atoms with Crippen LogP contribution < -0.4 is 15.0 Å². The third kappa shape index (κ3) is 4.93. The van der Waals surface area contributed by atoms with E-state index < -0.39 is 11.7 Å². The van der Waals surface area contributed by atoms with Gasteiger partial charge in [0.05, 0.1) is 18.0 Å². The summed E-state index contributed by atoms with van der Waals surface area (Å²) in [6.07, 6.45) is 0.458. The third-order valence-electron chi connectivity index (χ3n) is 4.79. The number of alkyl halides is 3. The number of nitrogens with zero attached hydrogens (tertiary/aromatic N) is 5. The molecule has 3 aromatic rings. The van der Waals surface area contributed by atoms with Crippen molar-refractivity contribution in [3.63, 3.8) is 0 Å². The van der Waals surface area contributed by atoms with Gasteiger partial charge in [-0.05, 0) is 24.3 Å². The van der Waals surface area contributed by atoms with Gasteiger partial charge in [0.2, 0.25) is 5.91 Å². The number of carbonyl (C=O) groups is 1. The fourth-order valence-electron chi connectivity index (χ4n) is 3.12. The van der Waals surface area contributed by atoms with Crippen LogP contribution in [0.3, 0.4) is 0 Å². The van der Waals surface area contributed by atoms with E-state index in [2.05, 4.69) is 20.4 Å². The van der Waals surface area contributed by atoms with E-state index in [0.717, 1.165) is 12.1 Å². The Kier molecular flexibility index (Phi) is 5.74. The van der Waals surface area contributed by atoms with Crippen molar-refractivity contribution in [3.05, 3.63) is 60.7 Å². The summed E-state index contributed by atoms with van der Waals surface area (Å²) in [5, 5.41) is 6.88. The molecule has 0 unspecified atom stereocenters. The maximum atomic E-state index is 12.7. The van der Waals surface area contributed by atoms with Crippen LogP contribution in [0.15, 0.2) is 55.1 Å². The average molecular weight is 432 g/mol. The van der Waals surface area contributed by atoms with Crippen molar-refractivity contribution in [2.24, 2.45) is 5.92 Å². The summed E-state index contributed by atoms with van der Waals surface area (Å²) < 4.78 is 45.1. The summed E-state index contributed by atoms with van der Waals surface area (Å²) in [7, 11) is 0. The molecule has 8 nitrogen and oxygen atoms in total. The van der Waals surface area contributed by atoms with Crippen LogP contribution >= 0.6 is 0 Å². The second-order valence-corrected chi connectivity index (χ2v) is 6.95. The quantitative estimate of drug-likeness (QED) is 0.577. The Bertz CT molecular complexity index is 1040. The van der Waals surface area contributed by atoms with Crippen LogP contribution in [0.5, 0.6) is 5.75 Å². The first-order chi connectivity index (χ1) is 14.9. The number of carbonyl (C=O) groups excluding carboxylic acids is 1. The molecule has 0 saturated carbocycles. The van der Waals surface area contributed by atoms with Crippen molar-refractivity contribution in [1.29, 1.82) is 0 Å². The number of nitrogens with one attached hydrogen (secondary N) is 1. The van der Waals surface area contributed by atoms with Crippen LogP contribution in [-0.2, 0) is 11.0 Å². The van der Waals surface area contributed by atoms with Gasteiger partial charge < -0.3 is 15.0 Å². The van der Waals surface area contributed by atoms with Crippen LogP contribution in [-0.4, -0.2) is 51.9 Å². The van der Waals surface area contributed by atoms with Gasteiger partial charge in [0.25, 0.3) is 0 Å². The highest BCUT2D eigenvalue weighted by Gasteiger charge is 2.33. The highest BCUT2D eigenvalue weighted by atomic mass is 19.4. The molecule has 31 heavy (non-hydrogen) atoms. The Balaban J connectivity index is 1.21. The van der Waals surface area contributed by atoms with Crippen LogP contribution in [0.2, 0.25) is 0 Å². The van der Waals surface area contributed by atoms with E-state index in [1.165, 1.54) is 18.5 Å². The van der Waals surface area contributed by atoms with Gasteiger partial charge >= 0.3 is 6.18 Å². The van der Waals surface area contributed by atoms with Crippen molar-refractivity contribution in [2.45, 2.75) is 6.18 Å². The molecular weight excluding hydrogens is 413 g/mol. The lowest BCUT2D eigenvalue weighted by Gasteiger charge is -2.39. The summed E-state index contributed by atoms with van der Waals surface area (Å²) in [5.74, 6) is 1.12. The van der Waals surface area contributed by atoms with Crippen LogP contribution in [0.4, 0.5) is 19.0 Å². The molecule has 162 valence electrons. The Labute approximate surface area is 175 Å². The van der Waals surface area contributed by atoms with Gasteiger partial charge in [-0.2, -0.15) is 18.3 Å². The highest BCUT2D eigenvalue weighted by molar-refractivity contribution is 5.81. The van der Waals surface area contributed by atoms with E-state index in [4.69, 9.17) is 4.74 Å². The molecule has 11 heteroatoms. The number of benzene rings is 1. The zero-order valence-electron chi connectivity index (χ0n) is 16.3. The SMILES string of the molecule is O=C(NCCOc1cccc(C(F)(F)F)c1)C1CN(c2cc(-n3cccn3)ncn2)C1. The van der Waals surface area contributed by atoms with Crippen LogP contribution in [0.25, 0.3) is 5.82 Å². The molecule has 1 aliphatic heterocycles. The normalized spacial score (nSPS) is 14.2. The number of hydrogen-bond donors (Lipinski definition) is 1. The maximum absolute atomic E-state index is 12.7. The monoisotopic (exact) mass is 432 g/mol. The lowest BCUT2D eigenvalue weighted by atomic mass is 9.99. The molecule has 0 aliphatic carbocycles. The third-order valence-corrected chi connectivity index (χ3v) is 4.79. The van der Waals surface area contributed by atoms with E-state index in [1.54, 1.807) is 29.2 Å². The smallest absolute Gasteiger partial charge is 0.416 e. The fraction of sp³-hybridized carbons (Fsp3) is 0.300. The Morgan fingerprint density at radius 2 is 1.97 bits per heavy atom. The van der Waals surface area contributed by atoms with E-state index in [9.17, 15) is 18.0 Å². The van der Waals surface area contributed by atoms with Gasteiger partial charge in [-0.25, -0.2) is 14.6 Å². The Morgan fingerprint density at radius 3 is 2.71 bits per heavy atom. The molecule has 2 aromatic heterocycles. The molecule has 1 aliphatic rings. The van der Waals surface area contributed by atoms with E-state index >= 15 is 0 Å². The minimum atomic E-state index is -4.42. The summed E-state index contributed by atoms with van der Waals surface area (Å²) in [6, 6.07) is 8.23. The largest absolute Gasteiger partial charge is 0.492 e. The Hall–Kier alpha value is -3.63. The number of rotatable bonds is 7. The van der Waals surface area contributed by atoms with Crippen LogP contribution in [0, 0.1) is 5.92 Å². The number of anilines is 1. The first-order valence-corrected chi connectivity index (χ1v) is 9.55. The van der Waals surface area contributed by atoms with Gasteiger partial charge in [-0.3, -0.25) is 4.79 Å². The van der Waals surface area contributed by atoms with Gasteiger partial charge in [0, 0.05) is 31.5 Å². The van der Waals surface area contributed by atoms with Gasteiger partial charge in [0.1, 0.15) is 24.5 Å².